The molecule has 0 bridgehead atoms. The molecule has 3 nitrogen and oxygen atoms in total. The van der Waals surface area contributed by atoms with Crippen molar-refractivity contribution in [3.63, 3.8) is 0 Å². The lowest BCUT2D eigenvalue weighted by molar-refractivity contribution is -0.132. The van der Waals surface area contributed by atoms with E-state index in [1.165, 1.54) is 6.08 Å². The van der Waals surface area contributed by atoms with E-state index in [0.717, 1.165) is 18.4 Å². The van der Waals surface area contributed by atoms with Crippen LogP contribution >= 0.6 is 11.6 Å². The van der Waals surface area contributed by atoms with Crippen molar-refractivity contribution in [2.45, 2.75) is 26.2 Å². The van der Waals surface area contributed by atoms with Crippen LogP contribution in [0.25, 0.3) is 0 Å². The highest BCUT2D eigenvalue weighted by atomic mass is 35.5. The Bertz CT molecular complexity index is 318. The van der Waals surface area contributed by atoms with Crippen LogP contribution in [0.1, 0.15) is 26.2 Å². The molecular formula is C11H15ClO3. The van der Waals surface area contributed by atoms with Gasteiger partial charge >= 0.3 is 5.97 Å². The molecular weight excluding hydrogens is 216 g/mol. The van der Waals surface area contributed by atoms with Gasteiger partial charge in [0.2, 0.25) is 0 Å². The van der Waals surface area contributed by atoms with E-state index in [9.17, 15) is 4.79 Å². The second kappa shape index (κ2) is 5.33. The molecule has 0 aromatic heterocycles. The number of hydrogen-bond acceptors (Lipinski definition) is 2. The first-order valence-electron chi connectivity index (χ1n) is 5.03. The van der Waals surface area contributed by atoms with E-state index in [-0.39, 0.29) is 18.1 Å². The number of hydrogen-bond donors (Lipinski definition) is 2. The van der Waals surface area contributed by atoms with Gasteiger partial charge in [-0.25, -0.2) is 4.79 Å². The third-order valence-corrected chi connectivity index (χ3v) is 2.98. The van der Waals surface area contributed by atoms with Crippen LogP contribution in [0.15, 0.2) is 22.3 Å². The number of allylic oxidation sites excluding steroid dienone is 1. The number of aliphatic hydroxyl groups excluding tert-OH is 1. The van der Waals surface area contributed by atoms with Crippen LogP contribution < -0.4 is 0 Å². The van der Waals surface area contributed by atoms with E-state index in [1.54, 1.807) is 0 Å². The number of aliphatic hydroxyl groups is 1. The zero-order valence-corrected chi connectivity index (χ0v) is 9.42. The highest BCUT2D eigenvalue weighted by molar-refractivity contribution is 6.32. The van der Waals surface area contributed by atoms with Crippen LogP contribution in [0, 0.1) is 5.92 Å². The van der Waals surface area contributed by atoms with Crippen molar-refractivity contribution in [2.75, 3.05) is 6.61 Å². The maximum Gasteiger partial charge on any atom is 0.336 e. The van der Waals surface area contributed by atoms with E-state index >= 15 is 0 Å². The van der Waals surface area contributed by atoms with Crippen molar-refractivity contribution >= 4 is 17.6 Å². The van der Waals surface area contributed by atoms with Crippen LogP contribution in [0.4, 0.5) is 0 Å². The molecule has 15 heavy (non-hydrogen) atoms. The molecule has 0 amide bonds. The zero-order chi connectivity index (χ0) is 11.4. The molecule has 84 valence electrons. The predicted octanol–water partition coefficient (Wildman–Crippen LogP) is 2.30. The summed E-state index contributed by atoms with van der Waals surface area (Å²) in [5.74, 6) is -0.837. The molecule has 0 aromatic rings. The minimum atomic E-state index is -1.03. The van der Waals surface area contributed by atoms with Gasteiger partial charge in [0.15, 0.2) is 0 Å². The molecule has 2 N–H and O–H groups in total. The highest BCUT2D eigenvalue weighted by Crippen LogP contribution is 2.34. The van der Waals surface area contributed by atoms with E-state index < -0.39 is 5.97 Å². The Morgan fingerprint density at radius 3 is 2.80 bits per heavy atom. The van der Waals surface area contributed by atoms with Crippen molar-refractivity contribution in [2.24, 2.45) is 5.92 Å². The lowest BCUT2D eigenvalue weighted by atomic mass is 9.85. The number of rotatable bonds is 4. The lowest BCUT2D eigenvalue weighted by Gasteiger charge is -2.23. The molecule has 1 unspecified atom stereocenters. The molecule has 0 aliphatic heterocycles. The lowest BCUT2D eigenvalue weighted by Crippen LogP contribution is -2.16. The third kappa shape index (κ3) is 2.83. The number of carboxylic acid groups (broad SMARTS) is 1. The van der Waals surface area contributed by atoms with Gasteiger partial charge < -0.3 is 10.2 Å². The van der Waals surface area contributed by atoms with E-state index in [2.05, 4.69) is 6.92 Å². The summed E-state index contributed by atoms with van der Waals surface area (Å²) in [5, 5.41) is 18.4. The van der Waals surface area contributed by atoms with E-state index in [1.807, 2.05) is 0 Å². The Hall–Kier alpha value is -0.800. The zero-order valence-electron chi connectivity index (χ0n) is 8.66. The fourth-order valence-electron chi connectivity index (χ4n) is 1.83. The Labute approximate surface area is 94.1 Å². The summed E-state index contributed by atoms with van der Waals surface area (Å²) in [4.78, 5) is 10.8. The Morgan fingerprint density at radius 1 is 1.67 bits per heavy atom. The largest absolute Gasteiger partial charge is 0.478 e. The molecule has 1 rings (SSSR count). The molecule has 0 saturated heterocycles. The fourth-order valence-corrected chi connectivity index (χ4v) is 2.15. The Morgan fingerprint density at radius 2 is 2.33 bits per heavy atom. The number of carboxylic acids is 1. The SMILES string of the molecule is CCCC1CC(Cl)=C(C(=O)O)C=C1CO. The monoisotopic (exact) mass is 230 g/mol. The predicted molar refractivity (Wildman–Crippen MR) is 58.7 cm³/mol. The molecule has 1 aliphatic carbocycles. The smallest absolute Gasteiger partial charge is 0.336 e. The van der Waals surface area contributed by atoms with Gasteiger partial charge in [0.05, 0.1) is 12.2 Å². The quantitative estimate of drug-likeness (QED) is 0.779. The summed E-state index contributed by atoms with van der Waals surface area (Å²) < 4.78 is 0. The second-order valence-corrected chi connectivity index (χ2v) is 4.15. The molecule has 0 aromatic carbocycles. The van der Waals surface area contributed by atoms with Crippen molar-refractivity contribution < 1.29 is 15.0 Å². The normalized spacial score (nSPS) is 21.5. The second-order valence-electron chi connectivity index (χ2n) is 3.69. The number of aliphatic carboxylic acids is 1. The van der Waals surface area contributed by atoms with Crippen LogP contribution in [0.2, 0.25) is 0 Å². The first kappa shape index (κ1) is 12.3. The molecule has 0 radical (unpaired) electrons. The highest BCUT2D eigenvalue weighted by Gasteiger charge is 2.24. The summed E-state index contributed by atoms with van der Waals surface area (Å²) in [6, 6.07) is 0. The average Bonchev–Trinajstić information content (AvgIpc) is 2.18. The van der Waals surface area contributed by atoms with Crippen molar-refractivity contribution in [1.29, 1.82) is 0 Å². The van der Waals surface area contributed by atoms with Gasteiger partial charge in [0, 0.05) is 5.03 Å². The summed E-state index contributed by atoms with van der Waals surface area (Å²) in [5.41, 5.74) is 0.895. The van der Waals surface area contributed by atoms with Gasteiger partial charge in [-0.15, -0.1) is 0 Å². The van der Waals surface area contributed by atoms with Crippen LogP contribution in [-0.2, 0) is 4.79 Å². The summed E-state index contributed by atoms with van der Waals surface area (Å²) in [7, 11) is 0. The summed E-state index contributed by atoms with van der Waals surface area (Å²) >= 11 is 5.90. The van der Waals surface area contributed by atoms with E-state index in [4.69, 9.17) is 21.8 Å². The number of carbonyl (C=O) groups is 1. The topological polar surface area (TPSA) is 57.5 Å². The number of halogens is 1. The third-order valence-electron chi connectivity index (χ3n) is 2.62. The van der Waals surface area contributed by atoms with Gasteiger partial charge in [-0.3, -0.25) is 0 Å². The van der Waals surface area contributed by atoms with Gasteiger partial charge in [0.25, 0.3) is 0 Å². The van der Waals surface area contributed by atoms with Gasteiger partial charge in [-0.2, -0.15) is 0 Å². The summed E-state index contributed by atoms with van der Waals surface area (Å²) in [6.45, 7) is 1.96. The van der Waals surface area contributed by atoms with Crippen LogP contribution in [-0.4, -0.2) is 22.8 Å². The van der Waals surface area contributed by atoms with Gasteiger partial charge in [-0.05, 0) is 30.4 Å². The minimum absolute atomic E-state index is 0.0917. The maximum absolute atomic E-state index is 10.8. The Kier molecular flexibility index (Phi) is 4.36. The molecule has 0 saturated carbocycles. The van der Waals surface area contributed by atoms with Crippen molar-refractivity contribution in [1.82, 2.24) is 0 Å². The first-order valence-corrected chi connectivity index (χ1v) is 5.41. The van der Waals surface area contributed by atoms with Gasteiger partial charge in [-0.1, -0.05) is 24.9 Å². The van der Waals surface area contributed by atoms with Gasteiger partial charge in [0.1, 0.15) is 0 Å². The molecule has 0 heterocycles. The molecule has 1 atom stereocenters. The molecule has 4 heteroatoms. The minimum Gasteiger partial charge on any atom is -0.478 e. The molecule has 0 fully saturated rings. The molecule has 1 aliphatic rings. The maximum atomic E-state index is 10.8. The summed E-state index contributed by atoms with van der Waals surface area (Å²) in [6.07, 6.45) is 3.96. The Balaban J connectivity index is 2.94. The standard InChI is InChI=1S/C11H15ClO3/c1-2-3-7-5-10(12)9(11(14)15)4-8(7)6-13/h4,7,13H,2-3,5-6H2,1H3,(H,14,15). The fraction of sp³-hybridized carbons (Fsp3) is 0.545. The first-order chi connectivity index (χ1) is 7.10. The van der Waals surface area contributed by atoms with E-state index in [0.29, 0.717) is 11.5 Å². The molecule has 0 spiro atoms. The van der Waals surface area contributed by atoms with Crippen molar-refractivity contribution in [3.8, 4) is 0 Å². The van der Waals surface area contributed by atoms with Crippen LogP contribution in [0.3, 0.4) is 0 Å². The van der Waals surface area contributed by atoms with Crippen LogP contribution in [0.5, 0.6) is 0 Å². The van der Waals surface area contributed by atoms with Crippen molar-refractivity contribution in [3.05, 3.63) is 22.3 Å². The average molecular weight is 231 g/mol.